The normalized spacial score (nSPS) is 16.6. The summed E-state index contributed by atoms with van der Waals surface area (Å²) in [5, 5.41) is 15.4. The smallest absolute Gasteiger partial charge is 0.246 e. The Morgan fingerprint density at radius 2 is 1.96 bits per heavy atom. The van der Waals surface area contributed by atoms with Crippen LogP contribution in [0.15, 0.2) is 54.6 Å². The van der Waals surface area contributed by atoms with Gasteiger partial charge in [-0.15, -0.1) is 10.2 Å². The number of carbonyl (C=O) groups is 1. The summed E-state index contributed by atoms with van der Waals surface area (Å²) in [5.74, 6) is 0.825. The maximum atomic E-state index is 12.4. The van der Waals surface area contributed by atoms with Gasteiger partial charge in [-0.25, -0.2) is 0 Å². The molecule has 0 radical (unpaired) electrons. The molecule has 1 heterocycles. The van der Waals surface area contributed by atoms with Crippen molar-refractivity contribution in [3.05, 3.63) is 65.7 Å². The number of carbonyl (C=O) groups excluding carboxylic acids is 1. The lowest BCUT2D eigenvalue weighted by atomic mass is 9.77. The van der Waals surface area contributed by atoms with Gasteiger partial charge < -0.3 is 5.32 Å². The first-order chi connectivity index (χ1) is 12.2. The highest BCUT2D eigenvalue weighted by molar-refractivity contribution is 5.79. The van der Waals surface area contributed by atoms with Crippen LogP contribution in [0.5, 0.6) is 0 Å². The van der Waals surface area contributed by atoms with Crippen molar-refractivity contribution in [2.45, 2.75) is 25.3 Å². The van der Waals surface area contributed by atoms with Gasteiger partial charge in [-0.3, -0.25) is 4.79 Å². The van der Waals surface area contributed by atoms with Crippen LogP contribution >= 0.6 is 0 Å². The van der Waals surface area contributed by atoms with Gasteiger partial charge in [-0.2, -0.15) is 4.80 Å². The number of aromatic nitrogens is 4. The molecule has 0 bridgehead atoms. The lowest BCUT2D eigenvalue weighted by Gasteiger charge is -2.30. The van der Waals surface area contributed by atoms with E-state index in [2.05, 4.69) is 38.9 Å². The lowest BCUT2D eigenvalue weighted by Crippen LogP contribution is -2.37. The second-order valence-electron chi connectivity index (χ2n) is 6.32. The Balaban J connectivity index is 1.37. The van der Waals surface area contributed by atoms with Gasteiger partial charge >= 0.3 is 0 Å². The van der Waals surface area contributed by atoms with E-state index in [1.807, 2.05) is 36.4 Å². The second kappa shape index (κ2) is 6.47. The molecule has 25 heavy (non-hydrogen) atoms. The monoisotopic (exact) mass is 333 g/mol. The van der Waals surface area contributed by atoms with Crippen molar-refractivity contribution in [1.29, 1.82) is 0 Å². The van der Waals surface area contributed by atoms with Crippen LogP contribution in [0.1, 0.15) is 30.0 Å². The van der Waals surface area contributed by atoms with Gasteiger partial charge in [0.2, 0.25) is 11.7 Å². The molecule has 0 aliphatic heterocycles. The third kappa shape index (κ3) is 3.03. The van der Waals surface area contributed by atoms with Crippen LogP contribution in [0.2, 0.25) is 0 Å². The summed E-state index contributed by atoms with van der Waals surface area (Å²) in [6.07, 6.45) is 1.02. The van der Waals surface area contributed by atoms with E-state index >= 15 is 0 Å². The summed E-state index contributed by atoms with van der Waals surface area (Å²) in [6, 6.07) is 17.5. The number of amides is 1. The van der Waals surface area contributed by atoms with Crippen molar-refractivity contribution in [3.63, 3.8) is 0 Å². The van der Waals surface area contributed by atoms with E-state index < -0.39 is 6.04 Å². The molecule has 1 N–H and O–H groups in total. The van der Waals surface area contributed by atoms with Gasteiger partial charge in [0, 0.05) is 18.0 Å². The van der Waals surface area contributed by atoms with E-state index in [0.717, 1.165) is 12.0 Å². The molecule has 0 spiro atoms. The fourth-order valence-electron chi connectivity index (χ4n) is 3.11. The number of benzene rings is 2. The van der Waals surface area contributed by atoms with Crippen molar-refractivity contribution in [2.24, 2.45) is 0 Å². The van der Waals surface area contributed by atoms with Gasteiger partial charge in [0.15, 0.2) is 0 Å². The second-order valence-corrected chi connectivity index (χ2v) is 6.32. The number of fused-ring (bicyclic) bond motifs is 1. The summed E-state index contributed by atoms with van der Waals surface area (Å²) in [4.78, 5) is 13.8. The zero-order valence-electron chi connectivity index (χ0n) is 14.0. The van der Waals surface area contributed by atoms with Gasteiger partial charge in [0.25, 0.3) is 0 Å². The molecule has 0 saturated carbocycles. The Hall–Kier alpha value is -3.02. The number of nitrogens with zero attached hydrogens (tertiary/aromatic N) is 4. The third-order valence-electron chi connectivity index (χ3n) is 4.67. The maximum Gasteiger partial charge on any atom is 0.246 e. The zero-order chi connectivity index (χ0) is 17.2. The minimum Gasteiger partial charge on any atom is -0.354 e. The van der Waals surface area contributed by atoms with Gasteiger partial charge in [0.05, 0.1) is 0 Å². The van der Waals surface area contributed by atoms with Crippen molar-refractivity contribution in [1.82, 2.24) is 25.5 Å². The molecule has 1 aliphatic rings. The highest BCUT2D eigenvalue weighted by Gasteiger charge is 2.27. The minimum atomic E-state index is -0.500. The molecule has 3 aromatic rings. The molecule has 1 amide bonds. The molecule has 126 valence electrons. The molecule has 1 aromatic heterocycles. The van der Waals surface area contributed by atoms with E-state index in [1.54, 1.807) is 6.92 Å². The van der Waals surface area contributed by atoms with Crippen molar-refractivity contribution >= 4 is 5.91 Å². The molecular weight excluding hydrogens is 314 g/mol. The number of nitrogens with one attached hydrogen (secondary N) is 1. The molecular formula is C19H19N5O. The summed E-state index contributed by atoms with van der Waals surface area (Å²) in [6.45, 7) is 2.42. The van der Waals surface area contributed by atoms with Crippen molar-refractivity contribution in [3.8, 4) is 11.4 Å². The fourth-order valence-corrected chi connectivity index (χ4v) is 3.11. The van der Waals surface area contributed by atoms with Crippen molar-refractivity contribution in [2.75, 3.05) is 6.54 Å². The average molecular weight is 333 g/mol. The van der Waals surface area contributed by atoms with Gasteiger partial charge in [0.1, 0.15) is 6.04 Å². The van der Waals surface area contributed by atoms with Crippen LogP contribution in [-0.4, -0.2) is 32.7 Å². The molecule has 0 unspecified atom stereocenters. The SMILES string of the molecule is C[C@H](C(=O)NC[C@H]1Cc2ccccc21)n1nnc(-c2ccccc2)n1. The Bertz CT molecular complexity index is 890. The Kier molecular flexibility index (Phi) is 4.01. The molecule has 6 heteroatoms. The summed E-state index contributed by atoms with van der Waals surface area (Å²) in [7, 11) is 0. The Morgan fingerprint density at radius 3 is 2.76 bits per heavy atom. The summed E-state index contributed by atoms with van der Waals surface area (Å²) < 4.78 is 0. The van der Waals surface area contributed by atoms with Gasteiger partial charge in [-0.1, -0.05) is 54.6 Å². The van der Waals surface area contributed by atoms with E-state index in [0.29, 0.717) is 18.3 Å². The topological polar surface area (TPSA) is 72.7 Å². The summed E-state index contributed by atoms with van der Waals surface area (Å²) >= 11 is 0. The van der Waals surface area contributed by atoms with Crippen LogP contribution in [0.4, 0.5) is 0 Å². The number of hydrogen-bond donors (Lipinski definition) is 1. The standard InChI is InChI=1S/C19H19N5O/c1-13(24-22-18(21-23-24)14-7-3-2-4-8-14)19(25)20-12-16-11-15-9-5-6-10-17(15)16/h2-10,13,16H,11-12H2,1H3,(H,20,25)/t13-,16-/m1/s1. The first kappa shape index (κ1) is 15.5. The van der Waals surface area contributed by atoms with Crippen LogP contribution in [0, 0.1) is 0 Å². The molecule has 1 aliphatic carbocycles. The summed E-state index contributed by atoms with van der Waals surface area (Å²) in [5.41, 5.74) is 3.59. The predicted molar refractivity (Wildman–Crippen MR) is 93.9 cm³/mol. The quantitative estimate of drug-likeness (QED) is 0.778. The maximum absolute atomic E-state index is 12.4. The first-order valence-electron chi connectivity index (χ1n) is 8.43. The lowest BCUT2D eigenvalue weighted by molar-refractivity contribution is -0.124. The Labute approximate surface area is 145 Å². The highest BCUT2D eigenvalue weighted by atomic mass is 16.2. The van der Waals surface area contributed by atoms with E-state index in [-0.39, 0.29) is 5.91 Å². The number of hydrogen-bond acceptors (Lipinski definition) is 4. The van der Waals surface area contributed by atoms with Crippen LogP contribution < -0.4 is 5.32 Å². The molecule has 2 aromatic carbocycles. The Morgan fingerprint density at radius 1 is 1.20 bits per heavy atom. The first-order valence-corrected chi connectivity index (χ1v) is 8.43. The number of rotatable bonds is 5. The molecule has 2 atom stereocenters. The minimum absolute atomic E-state index is 0.0959. The molecule has 4 rings (SSSR count). The molecule has 6 nitrogen and oxygen atoms in total. The molecule has 0 fully saturated rings. The van der Waals surface area contributed by atoms with Crippen LogP contribution in [0.25, 0.3) is 11.4 Å². The van der Waals surface area contributed by atoms with E-state index in [4.69, 9.17) is 0 Å². The predicted octanol–water partition coefficient (Wildman–Crippen LogP) is 2.36. The van der Waals surface area contributed by atoms with Crippen LogP contribution in [-0.2, 0) is 11.2 Å². The highest BCUT2D eigenvalue weighted by Crippen LogP contribution is 2.34. The van der Waals surface area contributed by atoms with Crippen molar-refractivity contribution < 1.29 is 4.79 Å². The van der Waals surface area contributed by atoms with E-state index in [1.165, 1.54) is 15.9 Å². The van der Waals surface area contributed by atoms with Gasteiger partial charge in [-0.05, 0) is 29.7 Å². The average Bonchev–Trinajstić information content (AvgIpc) is 3.12. The third-order valence-corrected chi connectivity index (χ3v) is 4.67. The zero-order valence-corrected chi connectivity index (χ0v) is 14.0. The van der Waals surface area contributed by atoms with Crippen LogP contribution in [0.3, 0.4) is 0 Å². The fraction of sp³-hybridized carbons (Fsp3) is 0.263. The van der Waals surface area contributed by atoms with E-state index in [9.17, 15) is 4.79 Å². The molecule has 0 saturated heterocycles. The largest absolute Gasteiger partial charge is 0.354 e. The number of tetrazole rings is 1.